The van der Waals surface area contributed by atoms with E-state index in [1.165, 1.54) is 14.2 Å². The number of hydrogen-bond donors (Lipinski definition) is 2. The van der Waals surface area contributed by atoms with Gasteiger partial charge in [0.2, 0.25) is 11.8 Å². The van der Waals surface area contributed by atoms with Crippen LogP contribution in [0.3, 0.4) is 0 Å². The van der Waals surface area contributed by atoms with Gasteiger partial charge in [-0.2, -0.15) is 18.2 Å². The first-order valence-electron chi connectivity index (χ1n) is 15.3. The van der Waals surface area contributed by atoms with Gasteiger partial charge in [0.1, 0.15) is 0 Å². The number of allylic oxidation sites excluding steroid dienone is 2. The first kappa shape index (κ1) is 34.3. The number of fused-ring (bicyclic) bond motifs is 4. The number of ether oxygens (including phenoxy) is 1. The first-order valence-corrected chi connectivity index (χ1v) is 16.9. The van der Waals surface area contributed by atoms with E-state index in [0.29, 0.717) is 39.0 Å². The number of nitrogens with one attached hydrogen (secondary N) is 1. The summed E-state index contributed by atoms with van der Waals surface area (Å²) in [5.74, 6) is -7.05. The van der Waals surface area contributed by atoms with Crippen LogP contribution in [-0.2, 0) is 30.8 Å². The Morgan fingerprint density at radius 3 is 2.38 bits per heavy atom. The number of imide groups is 2. The third-order valence-electron chi connectivity index (χ3n) is 10.4. The summed E-state index contributed by atoms with van der Waals surface area (Å²) < 4.78 is 45.9. The number of amides is 4. The summed E-state index contributed by atoms with van der Waals surface area (Å²) in [6.45, 7) is 0. The number of methoxy groups -OCH3 is 1. The smallest absolute Gasteiger partial charge is 0.417 e. The second kappa shape index (κ2) is 12.0. The van der Waals surface area contributed by atoms with Crippen molar-refractivity contribution in [3.63, 3.8) is 0 Å². The number of alkyl halides is 3. The maximum atomic E-state index is 15.2. The molecule has 2 saturated heterocycles. The highest BCUT2D eigenvalue weighted by Crippen LogP contribution is 2.64. The molecule has 0 spiro atoms. The predicted molar refractivity (Wildman–Crippen MR) is 177 cm³/mol. The minimum atomic E-state index is -4.75. The average Bonchev–Trinajstić information content (AvgIpc) is 3.43. The van der Waals surface area contributed by atoms with E-state index in [2.05, 4.69) is 26.3 Å². The van der Waals surface area contributed by atoms with E-state index in [-0.39, 0.29) is 40.5 Å². The molecule has 2 N–H and O–H groups in total. The van der Waals surface area contributed by atoms with Crippen LogP contribution in [0.15, 0.2) is 64.8 Å². The van der Waals surface area contributed by atoms with E-state index in [9.17, 15) is 32.7 Å². The van der Waals surface area contributed by atoms with Gasteiger partial charge in [-0.15, -0.1) is 0 Å². The molecule has 2 aromatic carbocycles. The fraction of sp³-hybridized carbons (Fsp3) is 0.324. The van der Waals surface area contributed by atoms with Crippen LogP contribution in [0.1, 0.15) is 35.4 Å². The second-order valence-electron chi connectivity index (χ2n) is 12.7. The fourth-order valence-corrected chi connectivity index (χ4v) is 9.03. The fourth-order valence-electron chi connectivity index (χ4n) is 8.23. The van der Waals surface area contributed by atoms with Crippen molar-refractivity contribution < 1.29 is 42.2 Å². The number of carbonyl (C=O) groups excluding carboxylic acids is 4. The van der Waals surface area contributed by atoms with Gasteiger partial charge in [0.15, 0.2) is 17.3 Å². The molecule has 2 aliphatic carbocycles. The van der Waals surface area contributed by atoms with Gasteiger partial charge in [-0.1, -0.05) is 47.0 Å². The Kier molecular flexibility index (Phi) is 8.22. The summed E-state index contributed by atoms with van der Waals surface area (Å²) in [5, 5.41) is 11.3. The van der Waals surface area contributed by atoms with Crippen molar-refractivity contribution in [3.05, 3.63) is 91.5 Å². The number of hydrazine groups is 1. The van der Waals surface area contributed by atoms with Crippen LogP contribution in [0.5, 0.6) is 11.5 Å². The summed E-state index contributed by atoms with van der Waals surface area (Å²) in [5.41, 5.74) is 1.20. The Balaban J connectivity index is 1.47. The number of anilines is 1. The van der Waals surface area contributed by atoms with E-state index < -0.39 is 69.5 Å². The van der Waals surface area contributed by atoms with Crippen molar-refractivity contribution in [3.8, 4) is 11.5 Å². The van der Waals surface area contributed by atoms with Gasteiger partial charge in [0, 0.05) is 24.2 Å². The highest BCUT2D eigenvalue weighted by atomic mass is 79.9. The summed E-state index contributed by atoms with van der Waals surface area (Å²) in [7, 11) is 2.77. The molecule has 6 unspecified atom stereocenters. The molecule has 10 nitrogen and oxygen atoms in total. The van der Waals surface area contributed by atoms with Crippen LogP contribution in [-0.4, -0.2) is 57.8 Å². The second-order valence-corrected chi connectivity index (χ2v) is 14.4. The Morgan fingerprint density at radius 2 is 1.74 bits per heavy atom. The molecule has 4 amide bonds. The molecule has 3 fully saturated rings. The Hall–Kier alpha value is -4.14. The third kappa shape index (κ3) is 4.93. The number of aromatic hydroxyl groups is 1. The number of benzene rings is 2. The summed E-state index contributed by atoms with van der Waals surface area (Å²) in [4.78, 5) is 61.5. The molecule has 7 rings (SSSR count). The standard InChI is InChI=1S/C34H26BrCl2F3N4O6/c1-43-29(46)19-8-7-18-20(25(19)31(43)48)12-21-30(47)44(42-28-23(37)11-16(13-41-28)34(38,39)40)32(49)33(21,15-3-5-17(36)6-4-15)26(18)14-9-22(35)27(45)24(10-14)50-2/h3-7,9-11,13,19-21,25-26,45H,8,12H2,1-2H3,(H,41,42). The summed E-state index contributed by atoms with van der Waals surface area (Å²) in [6.07, 6.45) is -2.18. The molecule has 3 heterocycles. The van der Waals surface area contributed by atoms with Crippen LogP contribution in [0.4, 0.5) is 19.0 Å². The van der Waals surface area contributed by atoms with Gasteiger partial charge >= 0.3 is 6.18 Å². The van der Waals surface area contributed by atoms with Crippen LogP contribution < -0.4 is 10.2 Å². The number of phenolic OH excluding ortho intramolecular Hbond substituents is 1. The Labute approximate surface area is 301 Å². The molecule has 1 aromatic heterocycles. The lowest BCUT2D eigenvalue weighted by atomic mass is 9.49. The largest absolute Gasteiger partial charge is 0.503 e. The lowest BCUT2D eigenvalue weighted by Gasteiger charge is -2.50. The van der Waals surface area contributed by atoms with Crippen LogP contribution in [0.2, 0.25) is 10.0 Å². The molecular formula is C34H26BrCl2F3N4O6. The lowest BCUT2D eigenvalue weighted by molar-refractivity contribution is -0.140. The van der Waals surface area contributed by atoms with Gasteiger partial charge in [-0.05, 0) is 76.1 Å². The van der Waals surface area contributed by atoms with Gasteiger partial charge in [0.25, 0.3) is 11.8 Å². The number of aromatic nitrogens is 1. The molecule has 4 aliphatic rings. The van der Waals surface area contributed by atoms with Gasteiger partial charge in [-0.25, -0.2) is 4.98 Å². The molecule has 3 aromatic rings. The quantitative estimate of drug-likeness (QED) is 0.222. The van der Waals surface area contributed by atoms with Crippen LogP contribution in [0.25, 0.3) is 0 Å². The van der Waals surface area contributed by atoms with Crippen LogP contribution in [0, 0.1) is 23.7 Å². The molecule has 260 valence electrons. The van der Waals surface area contributed by atoms with Crippen molar-refractivity contribution in [2.75, 3.05) is 19.6 Å². The van der Waals surface area contributed by atoms with Crippen molar-refractivity contribution in [1.82, 2.24) is 14.9 Å². The zero-order valence-electron chi connectivity index (χ0n) is 26.1. The number of hydrogen-bond acceptors (Lipinski definition) is 8. The van der Waals surface area contributed by atoms with E-state index in [0.717, 1.165) is 4.90 Å². The van der Waals surface area contributed by atoms with Gasteiger partial charge < -0.3 is 9.84 Å². The minimum Gasteiger partial charge on any atom is -0.503 e. The average molecular weight is 794 g/mol. The Bertz CT molecular complexity index is 2030. The number of carbonyl (C=O) groups is 4. The molecule has 0 bridgehead atoms. The monoisotopic (exact) mass is 792 g/mol. The molecule has 50 heavy (non-hydrogen) atoms. The number of likely N-dealkylation sites (tertiary alicyclic amines) is 1. The highest BCUT2D eigenvalue weighted by Gasteiger charge is 2.70. The topological polar surface area (TPSA) is 129 Å². The highest BCUT2D eigenvalue weighted by molar-refractivity contribution is 9.10. The van der Waals surface area contributed by atoms with E-state index in [1.54, 1.807) is 36.4 Å². The number of phenols is 1. The molecule has 1 saturated carbocycles. The minimum absolute atomic E-state index is 0.0215. The van der Waals surface area contributed by atoms with Gasteiger partial charge in [-0.3, -0.25) is 29.5 Å². The van der Waals surface area contributed by atoms with E-state index in [4.69, 9.17) is 27.9 Å². The molecule has 2 aliphatic heterocycles. The van der Waals surface area contributed by atoms with Crippen molar-refractivity contribution in [2.24, 2.45) is 23.7 Å². The zero-order chi connectivity index (χ0) is 36.0. The summed E-state index contributed by atoms with van der Waals surface area (Å²) >= 11 is 15.9. The SMILES string of the molecule is COc1cc(C2C3=CCC4C(=O)N(C)C(=O)C4C3CC3C(=O)N(Nc4ncc(C(F)(F)F)cc4Cl)C(=O)C32c2ccc(Cl)cc2)cc(Br)c1O. The molecule has 0 radical (unpaired) electrons. The van der Waals surface area contributed by atoms with Crippen molar-refractivity contribution in [2.45, 2.75) is 30.4 Å². The van der Waals surface area contributed by atoms with Crippen LogP contribution >= 0.6 is 39.1 Å². The molecule has 6 atom stereocenters. The number of nitrogens with zero attached hydrogens (tertiary/aromatic N) is 3. The first-order chi connectivity index (χ1) is 23.6. The predicted octanol–water partition coefficient (Wildman–Crippen LogP) is 6.50. The Morgan fingerprint density at radius 1 is 1.04 bits per heavy atom. The van der Waals surface area contributed by atoms with E-state index >= 15 is 4.79 Å². The maximum Gasteiger partial charge on any atom is 0.417 e. The molecule has 16 heteroatoms. The lowest BCUT2D eigenvalue weighted by Crippen LogP contribution is -2.53. The zero-order valence-corrected chi connectivity index (χ0v) is 29.2. The number of halogens is 6. The third-order valence-corrected chi connectivity index (χ3v) is 11.5. The van der Waals surface area contributed by atoms with Gasteiger partial charge in [0.05, 0.1) is 45.3 Å². The van der Waals surface area contributed by atoms with E-state index in [1.807, 2.05) is 6.08 Å². The summed E-state index contributed by atoms with van der Waals surface area (Å²) in [6, 6.07) is 10.2. The molecular weight excluding hydrogens is 768 g/mol. The maximum absolute atomic E-state index is 15.2. The van der Waals surface area contributed by atoms with Crippen molar-refractivity contribution in [1.29, 1.82) is 0 Å². The van der Waals surface area contributed by atoms with Crippen molar-refractivity contribution >= 4 is 68.6 Å². The number of pyridine rings is 1. The number of rotatable bonds is 5. The normalized spacial score (nSPS) is 27.6.